The maximum Gasteiger partial charge on any atom is 0.414 e. The molecule has 3 rings (SSSR count). The van der Waals surface area contributed by atoms with Crippen LogP contribution in [0.3, 0.4) is 0 Å². The third kappa shape index (κ3) is 9.47. The molecular weight excluding hydrogens is 580 g/mol. The zero-order chi connectivity index (χ0) is 31.4. The van der Waals surface area contributed by atoms with Crippen LogP contribution in [0.15, 0.2) is 52.3 Å². The number of aliphatic carboxylic acids is 2. The molecule has 2 aromatic carbocycles. The van der Waals surface area contributed by atoms with E-state index in [0.29, 0.717) is 27.7 Å². The second-order valence-electron chi connectivity index (χ2n) is 10.4. The molecule has 0 radical (unpaired) electrons. The zero-order valence-electron chi connectivity index (χ0n) is 25.1. The van der Waals surface area contributed by atoms with Gasteiger partial charge < -0.3 is 24.4 Å². The molecule has 1 aromatic heterocycles. The highest BCUT2D eigenvalue weighted by atomic mass is 35.5. The van der Waals surface area contributed by atoms with Crippen LogP contribution in [0.4, 0.5) is 0 Å². The number of hydrogen-bond donors (Lipinski definition) is 2. The Morgan fingerprint density at radius 1 is 0.929 bits per heavy atom. The Morgan fingerprint density at radius 2 is 1.48 bits per heavy atom. The van der Waals surface area contributed by atoms with E-state index >= 15 is 0 Å². The first-order valence-electron chi connectivity index (χ1n) is 14.3. The van der Waals surface area contributed by atoms with Crippen LogP contribution in [-0.2, 0) is 26.5 Å². The molecule has 0 saturated heterocycles. The lowest BCUT2D eigenvalue weighted by Crippen LogP contribution is -2.28. The number of carboxylic acids is 2. The maximum atomic E-state index is 13.8. The SMILES string of the molecule is CCCCN(CCCC)CCCOc1ccc(S(=O)(=O)c2c(C(C)C)n(C)c3ccc(Cl)cc23)cc1.O=C(O)C(=O)O. The average Bonchev–Trinajstić information content (AvgIpc) is 3.24. The van der Waals surface area contributed by atoms with Crippen molar-refractivity contribution < 1.29 is 33.0 Å². The number of halogens is 1. The predicted octanol–water partition coefficient (Wildman–Crippen LogP) is 6.61. The fourth-order valence-corrected chi connectivity index (χ4v) is 6.75. The largest absolute Gasteiger partial charge is 0.494 e. The van der Waals surface area contributed by atoms with Gasteiger partial charge in [-0.3, -0.25) is 0 Å². The van der Waals surface area contributed by atoms with Crippen LogP contribution in [0, 0.1) is 0 Å². The molecule has 11 heteroatoms. The summed E-state index contributed by atoms with van der Waals surface area (Å²) < 4.78 is 35.5. The minimum absolute atomic E-state index is 0.0303. The van der Waals surface area contributed by atoms with Gasteiger partial charge in [0.2, 0.25) is 9.84 Å². The number of hydrogen-bond acceptors (Lipinski definition) is 6. The molecule has 9 nitrogen and oxygen atoms in total. The van der Waals surface area contributed by atoms with Crippen LogP contribution in [0.25, 0.3) is 10.9 Å². The van der Waals surface area contributed by atoms with E-state index in [1.807, 2.05) is 31.5 Å². The highest BCUT2D eigenvalue weighted by Crippen LogP contribution is 2.38. The summed E-state index contributed by atoms with van der Waals surface area (Å²) >= 11 is 6.25. The Balaban J connectivity index is 0.000000928. The average molecular weight is 623 g/mol. The fourth-order valence-electron chi connectivity index (χ4n) is 4.74. The van der Waals surface area contributed by atoms with Crippen molar-refractivity contribution in [3.63, 3.8) is 0 Å². The Hall–Kier alpha value is -3.08. The predicted molar refractivity (Wildman–Crippen MR) is 166 cm³/mol. The van der Waals surface area contributed by atoms with Crippen molar-refractivity contribution in [2.45, 2.75) is 75.5 Å². The minimum atomic E-state index is -3.75. The maximum absolute atomic E-state index is 13.8. The van der Waals surface area contributed by atoms with E-state index < -0.39 is 21.8 Å². The lowest BCUT2D eigenvalue weighted by atomic mass is 10.1. The van der Waals surface area contributed by atoms with Crippen molar-refractivity contribution in [3.8, 4) is 5.75 Å². The van der Waals surface area contributed by atoms with Gasteiger partial charge in [0.05, 0.1) is 11.5 Å². The molecule has 0 amide bonds. The van der Waals surface area contributed by atoms with Crippen LogP contribution in [0.5, 0.6) is 5.75 Å². The molecule has 42 heavy (non-hydrogen) atoms. The standard InChI is InChI=1S/C29H41ClN2O3S.C2H2O4/c1-6-8-17-32(18-9-7-2)19-10-20-35-24-12-14-25(15-13-24)36(33,34)29-26-21-23(30)11-16-27(26)31(5)28(29)22(3)4;3-1(4)2(5)6/h11-16,21-22H,6-10,17-20H2,1-5H3;(H,3,4)(H,5,6). The number of rotatable bonds is 14. The minimum Gasteiger partial charge on any atom is -0.494 e. The number of carboxylic acid groups (broad SMARTS) is 2. The molecule has 0 bridgehead atoms. The molecule has 0 aliphatic heterocycles. The lowest BCUT2D eigenvalue weighted by molar-refractivity contribution is -0.159. The van der Waals surface area contributed by atoms with Gasteiger partial charge in [-0.2, -0.15) is 0 Å². The van der Waals surface area contributed by atoms with Crippen LogP contribution < -0.4 is 4.74 Å². The lowest BCUT2D eigenvalue weighted by Gasteiger charge is -2.21. The van der Waals surface area contributed by atoms with E-state index in [1.165, 1.54) is 25.7 Å². The Bertz CT molecular complexity index is 1410. The Morgan fingerprint density at radius 3 is 1.98 bits per heavy atom. The van der Waals surface area contributed by atoms with Crippen molar-refractivity contribution in [1.29, 1.82) is 0 Å². The van der Waals surface area contributed by atoms with Crippen LogP contribution in [0.2, 0.25) is 5.02 Å². The quantitative estimate of drug-likeness (QED) is 0.152. The highest BCUT2D eigenvalue weighted by molar-refractivity contribution is 7.91. The molecule has 2 N–H and O–H groups in total. The summed E-state index contributed by atoms with van der Waals surface area (Å²) in [6.07, 6.45) is 5.81. The van der Waals surface area contributed by atoms with E-state index in [4.69, 9.17) is 36.1 Å². The van der Waals surface area contributed by atoms with Gasteiger partial charge in [0.25, 0.3) is 0 Å². The van der Waals surface area contributed by atoms with Gasteiger partial charge in [0.1, 0.15) is 10.6 Å². The normalized spacial score (nSPS) is 11.5. The summed E-state index contributed by atoms with van der Waals surface area (Å²) in [6, 6.07) is 12.2. The number of unbranched alkanes of at least 4 members (excludes halogenated alkanes) is 2. The summed E-state index contributed by atoms with van der Waals surface area (Å²) in [6.45, 7) is 12.4. The van der Waals surface area contributed by atoms with E-state index in [-0.39, 0.29) is 10.8 Å². The first-order valence-corrected chi connectivity index (χ1v) is 16.2. The van der Waals surface area contributed by atoms with Gasteiger partial charge in [-0.05, 0) is 80.7 Å². The second-order valence-corrected chi connectivity index (χ2v) is 12.7. The Kier molecular flexibility index (Phi) is 13.8. The van der Waals surface area contributed by atoms with Gasteiger partial charge >= 0.3 is 11.9 Å². The molecule has 1 heterocycles. The number of aromatic nitrogens is 1. The van der Waals surface area contributed by atoms with Gasteiger partial charge in [-0.1, -0.05) is 52.1 Å². The molecule has 0 spiro atoms. The van der Waals surface area contributed by atoms with Crippen molar-refractivity contribution in [3.05, 3.63) is 53.2 Å². The molecule has 3 aromatic rings. The summed E-state index contributed by atoms with van der Waals surface area (Å²) in [7, 11) is -1.84. The molecule has 232 valence electrons. The number of ether oxygens (including phenoxy) is 1. The molecule has 0 aliphatic rings. The smallest absolute Gasteiger partial charge is 0.414 e. The number of fused-ring (bicyclic) bond motifs is 1. The number of carbonyl (C=O) groups is 2. The third-order valence-electron chi connectivity index (χ3n) is 6.83. The van der Waals surface area contributed by atoms with E-state index in [0.717, 1.165) is 37.3 Å². The molecule has 0 aliphatic carbocycles. The number of benzene rings is 2. The van der Waals surface area contributed by atoms with Gasteiger partial charge in [0, 0.05) is 35.2 Å². The van der Waals surface area contributed by atoms with Gasteiger partial charge in [0.15, 0.2) is 0 Å². The first kappa shape index (κ1) is 35.1. The van der Waals surface area contributed by atoms with E-state index in [1.54, 1.807) is 36.4 Å². The molecule has 0 unspecified atom stereocenters. The second kappa shape index (κ2) is 16.5. The van der Waals surface area contributed by atoms with Crippen LogP contribution in [0.1, 0.15) is 71.4 Å². The summed E-state index contributed by atoms with van der Waals surface area (Å²) in [5.41, 5.74) is 1.64. The Labute approximate surface area is 254 Å². The molecule has 0 fully saturated rings. The van der Waals surface area contributed by atoms with Crippen molar-refractivity contribution in [2.75, 3.05) is 26.2 Å². The number of aryl methyl sites for hydroxylation is 1. The third-order valence-corrected chi connectivity index (χ3v) is 8.93. The number of sulfone groups is 1. The monoisotopic (exact) mass is 622 g/mol. The zero-order valence-corrected chi connectivity index (χ0v) is 26.7. The fraction of sp³-hybridized carbons (Fsp3) is 0.484. The summed E-state index contributed by atoms with van der Waals surface area (Å²) in [5.74, 6) is -2.93. The molecule has 0 atom stereocenters. The van der Waals surface area contributed by atoms with Gasteiger partial charge in [-0.25, -0.2) is 18.0 Å². The van der Waals surface area contributed by atoms with Crippen LogP contribution in [-0.4, -0.2) is 66.3 Å². The topological polar surface area (TPSA) is 126 Å². The van der Waals surface area contributed by atoms with Crippen LogP contribution >= 0.6 is 11.6 Å². The van der Waals surface area contributed by atoms with E-state index in [2.05, 4.69) is 18.7 Å². The van der Waals surface area contributed by atoms with Crippen molar-refractivity contribution >= 4 is 44.3 Å². The van der Waals surface area contributed by atoms with Crippen molar-refractivity contribution in [1.82, 2.24) is 9.47 Å². The molecular formula is C31H43ClN2O7S. The number of nitrogens with zero attached hydrogens (tertiary/aromatic N) is 2. The summed E-state index contributed by atoms with van der Waals surface area (Å²) in [5, 5.41) is 16.0. The highest BCUT2D eigenvalue weighted by Gasteiger charge is 2.29. The molecule has 0 saturated carbocycles. The summed E-state index contributed by atoms with van der Waals surface area (Å²) in [4.78, 5) is 21.3. The van der Waals surface area contributed by atoms with Gasteiger partial charge in [-0.15, -0.1) is 0 Å². The van der Waals surface area contributed by atoms with E-state index in [9.17, 15) is 8.42 Å². The first-order chi connectivity index (χ1) is 19.8. The van der Waals surface area contributed by atoms with Crippen molar-refractivity contribution in [2.24, 2.45) is 7.05 Å².